The summed E-state index contributed by atoms with van der Waals surface area (Å²) < 4.78 is 10.7. The zero-order chi connectivity index (χ0) is 16.8. The molecule has 1 aromatic carbocycles. The molecule has 1 saturated heterocycles. The number of hydrogen-bond acceptors (Lipinski definition) is 5. The Morgan fingerprint density at radius 2 is 2.25 bits per heavy atom. The van der Waals surface area contributed by atoms with Crippen molar-refractivity contribution in [2.45, 2.75) is 32.1 Å². The summed E-state index contributed by atoms with van der Waals surface area (Å²) in [6.07, 6.45) is 4.51. The summed E-state index contributed by atoms with van der Waals surface area (Å²) in [4.78, 5) is 16.6. The van der Waals surface area contributed by atoms with Crippen molar-refractivity contribution in [3.63, 3.8) is 0 Å². The molecule has 1 fully saturated rings. The number of aromatic nitrogens is 1. The minimum absolute atomic E-state index is 0.0657. The van der Waals surface area contributed by atoms with Crippen LogP contribution in [0.4, 0.5) is 5.69 Å². The van der Waals surface area contributed by atoms with Gasteiger partial charge >= 0.3 is 0 Å². The summed E-state index contributed by atoms with van der Waals surface area (Å²) >= 11 is 0. The van der Waals surface area contributed by atoms with Crippen molar-refractivity contribution in [2.24, 2.45) is 5.92 Å². The number of ether oxygens (including phenoxy) is 1. The zero-order valence-electron chi connectivity index (χ0n) is 14.1. The lowest BCUT2D eigenvalue weighted by molar-refractivity contribution is -0.116. The van der Waals surface area contributed by atoms with Gasteiger partial charge in [0.2, 0.25) is 5.91 Å². The van der Waals surface area contributed by atoms with E-state index in [0.717, 1.165) is 36.3 Å². The van der Waals surface area contributed by atoms with Gasteiger partial charge in [-0.15, -0.1) is 0 Å². The maximum atomic E-state index is 12.2. The van der Waals surface area contributed by atoms with Gasteiger partial charge < -0.3 is 19.8 Å². The van der Waals surface area contributed by atoms with Gasteiger partial charge in [-0.25, -0.2) is 4.98 Å². The van der Waals surface area contributed by atoms with Crippen LogP contribution in [0.2, 0.25) is 0 Å². The van der Waals surface area contributed by atoms with Crippen LogP contribution in [0.3, 0.4) is 0 Å². The highest BCUT2D eigenvalue weighted by Gasteiger charge is 2.15. The normalized spacial score (nSPS) is 15.7. The molecule has 0 aliphatic carbocycles. The minimum atomic E-state index is 0.0657. The summed E-state index contributed by atoms with van der Waals surface area (Å²) in [5.41, 5.74) is 2.26. The Kier molecular flexibility index (Phi) is 5.82. The summed E-state index contributed by atoms with van der Waals surface area (Å²) in [7, 11) is 1.65. The van der Waals surface area contributed by atoms with Crippen LogP contribution in [0.1, 0.15) is 31.6 Å². The maximum absolute atomic E-state index is 12.2. The fourth-order valence-electron chi connectivity index (χ4n) is 3.08. The minimum Gasteiger partial charge on any atom is -0.441 e. The third-order valence-electron chi connectivity index (χ3n) is 4.47. The monoisotopic (exact) mass is 331 g/mol. The number of hydrogen-bond donors (Lipinski definition) is 2. The Labute approximate surface area is 142 Å². The molecule has 130 valence electrons. The van der Waals surface area contributed by atoms with E-state index < -0.39 is 0 Å². The number of fused-ring (bicyclic) bond motifs is 1. The number of anilines is 1. The second-order valence-electron chi connectivity index (χ2n) is 6.31. The van der Waals surface area contributed by atoms with E-state index in [-0.39, 0.29) is 5.91 Å². The van der Waals surface area contributed by atoms with Crippen molar-refractivity contribution in [3.8, 4) is 0 Å². The molecule has 6 nitrogen and oxygen atoms in total. The van der Waals surface area contributed by atoms with E-state index in [2.05, 4.69) is 15.6 Å². The number of nitrogens with zero attached hydrogens (tertiary/aromatic N) is 1. The Balaban J connectivity index is 1.54. The van der Waals surface area contributed by atoms with E-state index in [0.29, 0.717) is 31.3 Å². The summed E-state index contributed by atoms with van der Waals surface area (Å²) in [5.74, 6) is 1.38. The van der Waals surface area contributed by atoms with Crippen LogP contribution < -0.4 is 10.6 Å². The van der Waals surface area contributed by atoms with E-state index >= 15 is 0 Å². The van der Waals surface area contributed by atoms with Crippen LogP contribution in [0.25, 0.3) is 11.1 Å². The average molecular weight is 331 g/mol. The van der Waals surface area contributed by atoms with Crippen LogP contribution in [0, 0.1) is 5.92 Å². The third-order valence-corrected chi connectivity index (χ3v) is 4.47. The van der Waals surface area contributed by atoms with Crippen molar-refractivity contribution in [1.29, 1.82) is 0 Å². The molecule has 2 N–H and O–H groups in total. The van der Waals surface area contributed by atoms with Crippen LogP contribution in [0.5, 0.6) is 0 Å². The van der Waals surface area contributed by atoms with Gasteiger partial charge in [0.05, 0.1) is 6.61 Å². The van der Waals surface area contributed by atoms with Crippen molar-refractivity contribution < 1.29 is 13.9 Å². The molecule has 0 bridgehead atoms. The number of oxazole rings is 1. The number of carbonyl (C=O) groups excluding carboxylic acids is 1. The van der Waals surface area contributed by atoms with Crippen LogP contribution in [-0.2, 0) is 16.0 Å². The first-order chi connectivity index (χ1) is 11.7. The number of benzene rings is 1. The SMILES string of the molecule is COCCc1nc2cc(NC(=O)CCC3CCNCC3)ccc2o1. The molecule has 1 aliphatic heterocycles. The highest BCUT2D eigenvalue weighted by Crippen LogP contribution is 2.22. The number of amides is 1. The molecule has 0 atom stereocenters. The lowest BCUT2D eigenvalue weighted by Crippen LogP contribution is -2.28. The highest BCUT2D eigenvalue weighted by molar-refractivity contribution is 5.92. The van der Waals surface area contributed by atoms with Crippen LogP contribution >= 0.6 is 0 Å². The van der Waals surface area contributed by atoms with E-state index in [9.17, 15) is 4.79 Å². The molecule has 6 heteroatoms. The molecule has 1 amide bonds. The molecule has 0 unspecified atom stereocenters. The fourth-order valence-corrected chi connectivity index (χ4v) is 3.08. The van der Waals surface area contributed by atoms with Crippen molar-refractivity contribution in [3.05, 3.63) is 24.1 Å². The second-order valence-corrected chi connectivity index (χ2v) is 6.31. The van der Waals surface area contributed by atoms with Gasteiger partial charge in [0, 0.05) is 25.6 Å². The summed E-state index contributed by atoms with van der Waals surface area (Å²) in [5, 5.41) is 6.31. The fraction of sp³-hybridized carbons (Fsp3) is 0.556. The van der Waals surface area contributed by atoms with Gasteiger partial charge in [0.25, 0.3) is 0 Å². The number of piperidine rings is 1. The molecule has 2 aromatic rings. The number of rotatable bonds is 7. The second kappa shape index (κ2) is 8.26. The van der Waals surface area contributed by atoms with Crippen LogP contribution in [-0.4, -0.2) is 37.7 Å². The van der Waals surface area contributed by atoms with Gasteiger partial charge in [-0.05, 0) is 56.5 Å². The number of methoxy groups -OCH3 is 1. The topological polar surface area (TPSA) is 76.4 Å². The van der Waals surface area contributed by atoms with Crippen molar-refractivity contribution >= 4 is 22.7 Å². The first-order valence-corrected chi connectivity index (χ1v) is 8.63. The Morgan fingerprint density at radius 3 is 3.04 bits per heavy atom. The largest absolute Gasteiger partial charge is 0.441 e. The first kappa shape index (κ1) is 16.9. The van der Waals surface area contributed by atoms with E-state index in [1.807, 2.05) is 18.2 Å². The van der Waals surface area contributed by atoms with E-state index in [1.165, 1.54) is 12.8 Å². The molecule has 0 saturated carbocycles. The van der Waals surface area contributed by atoms with E-state index in [4.69, 9.17) is 9.15 Å². The van der Waals surface area contributed by atoms with Crippen LogP contribution in [0.15, 0.2) is 22.6 Å². The third kappa shape index (κ3) is 4.55. The molecule has 0 spiro atoms. The smallest absolute Gasteiger partial charge is 0.224 e. The quantitative estimate of drug-likeness (QED) is 0.816. The van der Waals surface area contributed by atoms with E-state index in [1.54, 1.807) is 7.11 Å². The maximum Gasteiger partial charge on any atom is 0.224 e. The molecule has 24 heavy (non-hydrogen) atoms. The lowest BCUT2D eigenvalue weighted by atomic mass is 9.93. The predicted octanol–water partition coefficient (Wildman–Crippen LogP) is 2.74. The highest BCUT2D eigenvalue weighted by atomic mass is 16.5. The summed E-state index contributed by atoms with van der Waals surface area (Å²) in [6.45, 7) is 2.72. The Morgan fingerprint density at radius 1 is 1.42 bits per heavy atom. The molecule has 0 radical (unpaired) electrons. The average Bonchev–Trinajstić information content (AvgIpc) is 3.01. The van der Waals surface area contributed by atoms with Gasteiger partial charge in [-0.1, -0.05) is 0 Å². The first-order valence-electron chi connectivity index (χ1n) is 8.63. The Bertz CT molecular complexity index is 677. The Hall–Kier alpha value is -1.92. The summed E-state index contributed by atoms with van der Waals surface area (Å²) in [6, 6.07) is 5.56. The van der Waals surface area contributed by atoms with Gasteiger partial charge in [0.15, 0.2) is 11.5 Å². The predicted molar refractivity (Wildman–Crippen MR) is 93.0 cm³/mol. The lowest BCUT2D eigenvalue weighted by Gasteiger charge is -2.22. The molecular weight excluding hydrogens is 306 g/mol. The molecule has 3 rings (SSSR count). The number of nitrogens with one attached hydrogen (secondary N) is 2. The van der Waals surface area contributed by atoms with Gasteiger partial charge in [-0.3, -0.25) is 4.79 Å². The zero-order valence-corrected chi connectivity index (χ0v) is 14.1. The molecule has 1 aromatic heterocycles. The molecule has 2 heterocycles. The van der Waals surface area contributed by atoms with Crippen molar-refractivity contribution in [1.82, 2.24) is 10.3 Å². The number of carbonyl (C=O) groups is 1. The molecule has 1 aliphatic rings. The molecular formula is C18H25N3O3. The van der Waals surface area contributed by atoms with Gasteiger partial charge in [-0.2, -0.15) is 0 Å². The standard InChI is InChI=1S/C18H25N3O3/c1-23-11-8-18-21-15-12-14(3-4-16(15)24-18)20-17(22)5-2-13-6-9-19-10-7-13/h3-4,12-13,19H,2,5-11H2,1H3,(H,20,22). The van der Waals surface area contributed by atoms with Gasteiger partial charge in [0.1, 0.15) is 5.52 Å². The van der Waals surface area contributed by atoms with Crippen molar-refractivity contribution in [2.75, 3.05) is 32.1 Å².